The molecule has 2 nitrogen and oxygen atoms in total. The molecule has 3 aromatic carbocycles. The minimum atomic E-state index is 0.311. The molecule has 2 atom stereocenters. The van der Waals surface area contributed by atoms with Gasteiger partial charge in [0.2, 0.25) is 0 Å². The molecule has 4 aromatic rings. The number of anilines is 1. The van der Waals surface area contributed by atoms with Crippen LogP contribution in [0.4, 0.5) is 5.69 Å². The predicted molar refractivity (Wildman–Crippen MR) is 177 cm³/mol. The second-order valence-electron chi connectivity index (χ2n) is 12.1. The second kappa shape index (κ2) is 9.77. The molecule has 3 heteroatoms. The Morgan fingerprint density at radius 3 is 2.29 bits per heavy atom. The zero-order valence-corrected chi connectivity index (χ0v) is 24.0. The standard InChI is InChI=1S/C38H35BN2/c1-25-23-27(40-35-15-7-3-11-31(35)32-12-4-8-16-36(32)40)19-21-29(25)30-22-20-28(24-26(30)2)41-37-17-9-5-13-33(37)34-14-6-10-18-38(41)39-34/h3-8,11-16,19-22,24,27,38H,9-10,17-18,23H2,1-2H3. The van der Waals surface area contributed by atoms with Crippen molar-refractivity contribution in [1.82, 2.24) is 4.57 Å². The first-order chi connectivity index (χ1) is 20.2. The number of benzene rings is 3. The number of allylic oxidation sites excluding steroid dienone is 10. The average Bonchev–Trinajstić information content (AvgIpc) is 3.19. The van der Waals surface area contributed by atoms with Gasteiger partial charge >= 0.3 is 185 Å². The number of aryl methyl sites for hydroxylation is 1. The van der Waals surface area contributed by atoms with E-state index in [1.807, 2.05) is 0 Å². The first kappa shape index (κ1) is 24.7. The summed E-state index contributed by atoms with van der Waals surface area (Å²) < 4.78 is 2.54. The second-order valence-corrected chi connectivity index (χ2v) is 12.1. The van der Waals surface area contributed by atoms with Gasteiger partial charge in [-0.15, -0.1) is 0 Å². The summed E-state index contributed by atoms with van der Waals surface area (Å²) in [6, 6.07) is 25.2. The zero-order chi connectivity index (χ0) is 27.5. The van der Waals surface area contributed by atoms with Crippen LogP contribution in [0, 0.1) is 6.92 Å². The van der Waals surface area contributed by atoms with Crippen LogP contribution >= 0.6 is 0 Å². The van der Waals surface area contributed by atoms with Gasteiger partial charge in [-0.2, -0.15) is 0 Å². The maximum absolute atomic E-state index is 2.64. The predicted octanol–water partition coefficient (Wildman–Crippen LogP) is 9.05. The SMILES string of the molecule is CC1=C(c2ccc(N3C4=C(C=CCC4)C4=BC3CCC=C4)cc2C)C=CC(n2c3ccccc3c3ccccc32)C1. The summed E-state index contributed by atoms with van der Waals surface area (Å²) in [4.78, 5) is 2.64. The molecule has 1 aromatic heterocycles. The van der Waals surface area contributed by atoms with Crippen molar-refractivity contribution in [1.29, 1.82) is 0 Å². The fraction of sp³-hybridized carbons (Fsp3) is 0.237. The maximum atomic E-state index is 2.64. The number of para-hydroxylation sites is 2. The summed E-state index contributed by atoms with van der Waals surface area (Å²) in [5.41, 5.74) is 13.8. The first-order valence-electron chi connectivity index (χ1n) is 15.2. The molecule has 0 amide bonds. The third kappa shape index (κ3) is 3.97. The van der Waals surface area contributed by atoms with Gasteiger partial charge in [-0.05, 0) is 12.1 Å². The third-order valence-electron chi connectivity index (χ3n) is 9.56. The number of fused-ring (bicyclic) bond motifs is 5. The molecule has 0 radical (unpaired) electrons. The molecule has 3 heterocycles. The van der Waals surface area contributed by atoms with Gasteiger partial charge in [-0.1, -0.05) is 36.4 Å². The Kier molecular flexibility index (Phi) is 5.88. The summed E-state index contributed by atoms with van der Waals surface area (Å²) in [6.45, 7) is 7.11. The van der Waals surface area contributed by atoms with Crippen molar-refractivity contribution < 1.29 is 0 Å². The Morgan fingerprint density at radius 1 is 0.780 bits per heavy atom. The molecule has 2 aliphatic carbocycles. The van der Waals surface area contributed by atoms with Gasteiger partial charge in [0.15, 0.2) is 0 Å². The van der Waals surface area contributed by atoms with Crippen LogP contribution in [0.25, 0.3) is 27.4 Å². The van der Waals surface area contributed by atoms with Gasteiger partial charge in [0.05, 0.1) is 0 Å². The molecule has 200 valence electrons. The van der Waals surface area contributed by atoms with E-state index in [0.29, 0.717) is 12.0 Å². The zero-order valence-electron chi connectivity index (χ0n) is 24.0. The van der Waals surface area contributed by atoms with Crippen molar-refractivity contribution in [3.05, 3.63) is 131 Å². The molecular formula is C38H35BN2. The Labute approximate surface area is 243 Å². The van der Waals surface area contributed by atoms with Crippen LogP contribution in [-0.4, -0.2) is 22.9 Å². The molecule has 2 bridgehead atoms. The van der Waals surface area contributed by atoms with Crippen LogP contribution < -0.4 is 4.90 Å². The third-order valence-corrected chi connectivity index (χ3v) is 9.56. The van der Waals surface area contributed by atoms with Crippen LogP contribution in [0.3, 0.4) is 0 Å². The van der Waals surface area contributed by atoms with Crippen molar-refractivity contribution in [3.63, 3.8) is 0 Å². The molecule has 0 fully saturated rings. The van der Waals surface area contributed by atoms with Gasteiger partial charge in [0.25, 0.3) is 0 Å². The number of hydrogen-bond donors (Lipinski definition) is 0. The fourth-order valence-electron chi connectivity index (χ4n) is 7.67. The summed E-state index contributed by atoms with van der Waals surface area (Å²) in [5.74, 6) is 0.429. The van der Waals surface area contributed by atoms with Crippen LogP contribution in [-0.2, 0) is 0 Å². The number of hydrogen-bond acceptors (Lipinski definition) is 1. The molecule has 41 heavy (non-hydrogen) atoms. The minimum absolute atomic E-state index is 0.311. The summed E-state index contributed by atoms with van der Waals surface area (Å²) in [5, 5.41) is 2.68. The van der Waals surface area contributed by atoms with E-state index >= 15 is 0 Å². The van der Waals surface area contributed by atoms with Crippen LogP contribution in [0.5, 0.6) is 0 Å². The van der Waals surface area contributed by atoms with Crippen LogP contribution in [0.1, 0.15) is 56.2 Å². The average molecular weight is 531 g/mol. The number of nitrogens with zero attached hydrogens (tertiary/aromatic N) is 2. The van der Waals surface area contributed by atoms with Crippen molar-refractivity contribution in [2.45, 2.75) is 57.9 Å². The number of aromatic nitrogens is 1. The van der Waals surface area contributed by atoms with E-state index in [9.17, 15) is 0 Å². The van der Waals surface area contributed by atoms with Crippen molar-refractivity contribution in [3.8, 4) is 0 Å². The monoisotopic (exact) mass is 530 g/mol. The Balaban J connectivity index is 1.14. The van der Waals surface area contributed by atoms with E-state index in [0.717, 1.165) is 25.7 Å². The van der Waals surface area contributed by atoms with Crippen molar-refractivity contribution in [2.24, 2.45) is 0 Å². The van der Waals surface area contributed by atoms with Gasteiger partial charge < -0.3 is 0 Å². The van der Waals surface area contributed by atoms with Crippen LogP contribution in [0.15, 0.2) is 120 Å². The summed E-state index contributed by atoms with van der Waals surface area (Å²) in [6.07, 6.45) is 19.7. The van der Waals surface area contributed by atoms with E-state index in [1.54, 1.807) is 0 Å². The van der Waals surface area contributed by atoms with Crippen molar-refractivity contribution >= 4 is 45.5 Å². The fourth-order valence-corrected chi connectivity index (χ4v) is 7.67. The molecule has 0 spiro atoms. The van der Waals surface area contributed by atoms with E-state index in [2.05, 4.69) is 133 Å². The Bertz CT molecular complexity index is 1850. The van der Waals surface area contributed by atoms with E-state index in [1.165, 1.54) is 72.9 Å². The van der Waals surface area contributed by atoms with Gasteiger partial charge in [-0.25, -0.2) is 0 Å². The summed E-state index contributed by atoms with van der Waals surface area (Å²) >= 11 is 0. The van der Waals surface area contributed by atoms with Crippen molar-refractivity contribution in [2.75, 3.05) is 4.90 Å². The molecule has 0 N–H and O–H groups in total. The molecule has 4 aliphatic rings. The van der Waals surface area contributed by atoms with Gasteiger partial charge in [0.1, 0.15) is 0 Å². The van der Waals surface area contributed by atoms with Crippen LogP contribution in [0.2, 0.25) is 0 Å². The normalized spacial score (nSPS) is 21.8. The molecule has 0 saturated heterocycles. The Morgan fingerprint density at radius 2 is 1.54 bits per heavy atom. The number of rotatable bonds is 3. The quantitative estimate of drug-likeness (QED) is 0.240. The van der Waals surface area contributed by atoms with E-state index < -0.39 is 0 Å². The molecule has 2 aliphatic heterocycles. The first-order valence-corrected chi connectivity index (χ1v) is 15.2. The topological polar surface area (TPSA) is 8.17 Å². The molecular weight excluding hydrogens is 495 g/mol. The van der Waals surface area contributed by atoms with Gasteiger partial charge in [0, 0.05) is 10.8 Å². The molecule has 8 rings (SSSR count). The molecule has 0 saturated carbocycles. The summed E-state index contributed by atoms with van der Waals surface area (Å²) in [7, 11) is 0. The van der Waals surface area contributed by atoms with Gasteiger partial charge in [-0.3, -0.25) is 0 Å². The Hall–Kier alpha value is -4.11. The molecule has 2 unspecified atom stereocenters. The van der Waals surface area contributed by atoms with E-state index in [4.69, 9.17) is 0 Å². The van der Waals surface area contributed by atoms with E-state index in [-0.39, 0.29) is 0 Å².